The second kappa shape index (κ2) is 4.14. The van der Waals surface area contributed by atoms with E-state index in [2.05, 4.69) is 20.9 Å². The summed E-state index contributed by atoms with van der Waals surface area (Å²) in [5.74, 6) is 5.86. The van der Waals surface area contributed by atoms with E-state index >= 15 is 0 Å². The highest BCUT2D eigenvalue weighted by atomic mass is 79.9. The summed E-state index contributed by atoms with van der Waals surface area (Å²) in [6.07, 6.45) is 4.02. The lowest BCUT2D eigenvalue weighted by molar-refractivity contribution is 0.265. The lowest BCUT2D eigenvalue weighted by Crippen LogP contribution is -2.30. The van der Waals surface area contributed by atoms with Gasteiger partial charge in [0.15, 0.2) is 0 Å². The lowest BCUT2D eigenvalue weighted by Gasteiger charge is -2.19. The first-order valence-corrected chi connectivity index (χ1v) is 5.68. The van der Waals surface area contributed by atoms with Gasteiger partial charge < -0.3 is 0 Å². The first-order valence-electron chi connectivity index (χ1n) is 4.51. The maximum Gasteiger partial charge on any atom is 0.143 e. The van der Waals surface area contributed by atoms with Crippen LogP contribution in [-0.4, -0.2) is 16.5 Å². The molecule has 3 nitrogen and oxygen atoms in total. The number of hydrazine groups is 1. The maximum absolute atomic E-state index is 5.86. The first kappa shape index (κ1) is 10.4. The van der Waals surface area contributed by atoms with Gasteiger partial charge in [0.2, 0.25) is 0 Å². The fourth-order valence-corrected chi connectivity index (χ4v) is 2.24. The Morgan fingerprint density at radius 1 is 1.64 bits per heavy atom. The van der Waals surface area contributed by atoms with E-state index in [1.807, 2.05) is 11.1 Å². The Morgan fingerprint density at radius 2 is 2.43 bits per heavy atom. The van der Waals surface area contributed by atoms with E-state index in [-0.39, 0.29) is 6.04 Å². The number of aromatic nitrogens is 1. The van der Waals surface area contributed by atoms with E-state index in [9.17, 15) is 0 Å². The third-order valence-electron chi connectivity index (χ3n) is 2.50. The van der Waals surface area contributed by atoms with Crippen molar-refractivity contribution in [2.24, 2.45) is 5.84 Å². The molecule has 1 saturated heterocycles. The molecule has 2 rings (SSSR count). The van der Waals surface area contributed by atoms with Crippen LogP contribution in [0, 0.1) is 0 Å². The summed E-state index contributed by atoms with van der Waals surface area (Å²) in [5.41, 5.74) is 1.13. The molecule has 0 amide bonds. The minimum Gasteiger partial charge on any atom is -0.268 e. The molecule has 0 saturated carbocycles. The third kappa shape index (κ3) is 1.93. The largest absolute Gasteiger partial charge is 0.268 e. The van der Waals surface area contributed by atoms with Crippen LogP contribution in [0.4, 0.5) is 0 Å². The van der Waals surface area contributed by atoms with E-state index in [1.54, 1.807) is 6.20 Å². The van der Waals surface area contributed by atoms with Gasteiger partial charge in [0.25, 0.3) is 0 Å². The average Bonchev–Trinajstić information content (AvgIpc) is 2.57. The van der Waals surface area contributed by atoms with Crippen molar-refractivity contribution in [3.05, 3.63) is 27.5 Å². The van der Waals surface area contributed by atoms with Crippen molar-refractivity contribution in [1.29, 1.82) is 0 Å². The smallest absolute Gasteiger partial charge is 0.143 e. The molecule has 1 aliphatic rings. The molecular formula is C9H11BrClN3. The Hall–Kier alpha value is -0.160. The van der Waals surface area contributed by atoms with Crippen molar-refractivity contribution in [3.63, 3.8) is 0 Å². The second-order valence-electron chi connectivity index (χ2n) is 3.44. The molecule has 76 valence electrons. The topological polar surface area (TPSA) is 42.1 Å². The van der Waals surface area contributed by atoms with Crippen LogP contribution in [0.15, 0.2) is 16.7 Å². The fourth-order valence-electron chi connectivity index (χ4n) is 1.77. The highest BCUT2D eigenvalue weighted by molar-refractivity contribution is 9.10. The normalized spacial score (nSPS) is 22.9. The van der Waals surface area contributed by atoms with E-state index in [4.69, 9.17) is 17.4 Å². The Bertz CT molecular complexity index is 345. The summed E-state index contributed by atoms with van der Waals surface area (Å²) in [6, 6.07) is 2.28. The van der Waals surface area contributed by atoms with Crippen LogP contribution >= 0.6 is 27.5 Å². The van der Waals surface area contributed by atoms with Crippen LogP contribution in [0.3, 0.4) is 0 Å². The quantitative estimate of drug-likeness (QED) is 0.633. The lowest BCUT2D eigenvalue weighted by atomic mass is 10.1. The summed E-state index contributed by atoms with van der Waals surface area (Å²) in [4.78, 5) is 4.09. The zero-order chi connectivity index (χ0) is 10.1. The molecule has 1 atom stereocenters. The van der Waals surface area contributed by atoms with Gasteiger partial charge in [-0.2, -0.15) is 0 Å². The molecule has 0 spiro atoms. The standard InChI is InChI=1S/C9H11BrClN3/c10-7-4-6(5-13-9(7)11)8-2-1-3-14(8)12/h4-5,8H,1-3,12H2/t8-/m0/s1. The molecular weight excluding hydrogens is 265 g/mol. The average molecular weight is 277 g/mol. The van der Waals surface area contributed by atoms with Gasteiger partial charge in [0, 0.05) is 12.7 Å². The van der Waals surface area contributed by atoms with Gasteiger partial charge in [0.1, 0.15) is 5.15 Å². The summed E-state index contributed by atoms with van der Waals surface area (Å²) >= 11 is 9.18. The van der Waals surface area contributed by atoms with Crippen molar-refractivity contribution in [2.45, 2.75) is 18.9 Å². The van der Waals surface area contributed by atoms with E-state index in [0.717, 1.165) is 29.4 Å². The Labute approximate surface area is 96.3 Å². The molecule has 1 aliphatic heterocycles. The van der Waals surface area contributed by atoms with Crippen LogP contribution in [0.2, 0.25) is 5.15 Å². The van der Waals surface area contributed by atoms with Crippen LogP contribution in [0.5, 0.6) is 0 Å². The van der Waals surface area contributed by atoms with Crippen molar-refractivity contribution in [2.75, 3.05) is 6.54 Å². The number of nitrogens with two attached hydrogens (primary N) is 1. The van der Waals surface area contributed by atoms with Gasteiger partial charge in [0.05, 0.1) is 10.5 Å². The Morgan fingerprint density at radius 3 is 3.00 bits per heavy atom. The number of nitrogens with zero attached hydrogens (tertiary/aromatic N) is 2. The van der Waals surface area contributed by atoms with Gasteiger partial charge in [-0.3, -0.25) is 5.84 Å². The van der Waals surface area contributed by atoms with Crippen LogP contribution in [0.25, 0.3) is 0 Å². The van der Waals surface area contributed by atoms with Crippen molar-refractivity contribution < 1.29 is 0 Å². The van der Waals surface area contributed by atoms with E-state index < -0.39 is 0 Å². The number of halogens is 2. The highest BCUT2D eigenvalue weighted by Gasteiger charge is 2.23. The highest BCUT2D eigenvalue weighted by Crippen LogP contribution is 2.31. The van der Waals surface area contributed by atoms with Crippen LogP contribution in [-0.2, 0) is 0 Å². The molecule has 0 unspecified atom stereocenters. The molecule has 2 heterocycles. The molecule has 14 heavy (non-hydrogen) atoms. The number of pyridine rings is 1. The molecule has 2 N–H and O–H groups in total. The summed E-state index contributed by atoms with van der Waals surface area (Å²) in [5, 5.41) is 2.35. The number of hydrogen-bond donors (Lipinski definition) is 1. The summed E-state index contributed by atoms with van der Waals surface area (Å²) in [6.45, 7) is 0.949. The first-order chi connectivity index (χ1) is 6.68. The van der Waals surface area contributed by atoms with Gasteiger partial charge in [-0.25, -0.2) is 9.99 Å². The summed E-state index contributed by atoms with van der Waals surface area (Å²) in [7, 11) is 0. The molecule has 5 heteroatoms. The van der Waals surface area contributed by atoms with Gasteiger partial charge in [-0.1, -0.05) is 11.6 Å². The van der Waals surface area contributed by atoms with Gasteiger partial charge in [-0.05, 0) is 40.4 Å². The van der Waals surface area contributed by atoms with Gasteiger partial charge >= 0.3 is 0 Å². The molecule has 0 aromatic carbocycles. The predicted molar refractivity (Wildman–Crippen MR) is 59.8 cm³/mol. The Balaban J connectivity index is 2.28. The SMILES string of the molecule is NN1CCC[C@H]1c1cnc(Cl)c(Br)c1. The fraction of sp³-hybridized carbons (Fsp3) is 0.444. The third-order valence-corrected chi connectivity index (χ3v) is 3.63. The van der Waals surface area contributed by atoms with Crippen LogP contribution < -0.4 is 5.84 Å². The molecule has 0 radical (unpaired) electrons. The van der Waals surface area contributed by atoms with Crippen molar-refractivity contribution in [1.82, 2.24) is 9.99 Å². The van der Waals surface area contributed by atoms with E-state index in [1.165, 1.54) is 0 Å². The molecule has 1 aromatic heterocycles. The molecule has 0 bridgehead atoms. The van der Waals surface area contributed by atoms with E-state index in [0.29, 0.717) is 5.15 Å². The summed E-state index contributed by atoms with van der Waals surface area (Å²) < 4.78 is 0.831. The minimum atomic E-state index is 0.288. The van der Waals surface area contributed by atoms with Crippen molar-refractivity contribution >= 4 is 27.5 Å². The predicted octanol–water partition coefficient (Wildman–Crippen LogP) is 2.51. The molecule has 0 aliphatic carbocycles. The van der Waals surface area contributed by atoms with Gasteiger partial charge in [-0.15, -0.1) is 0 Å². The second-order valence-corrected chi connectivity index (χ2v) is 4.65. The number of rotatable bonds is 1. The van der Waals surface area contributed by atoms with Crippen LogP contribution in [0.1, 0.15) is 24.4 Å². The van der Waals surface area contributed by atoms with Crippen molar-refractivity contribution in [3.8, 4) is 0 Å². The number of hydrogen-bond acceptors (Lipinski definition) is 3. The zero-order valence-electron chi connectivity index (χ0n) is 7.58. The molecule has 1 aromatic rings. The minimum absolute atomic E-state index is 0.288. The maximum atomic E-state index is 5.86. The molecule has 1 fully saturated rings. The zero-order valence-corrected chi connectivity index (χ0v) is 9.92. The monoisotopic (exact) mass is 275 g/mol. The Kier molecular flexibility index (Phi) is 3.07.